The summed E-state index contributed by atoms with van der Waals surface area (Å²) in [6, 6.07) is 7.83. The van der Waals surface area contributed by atoms with E-state index >= 15 is 0 Å². The number of aliphatic carboxylic acids is 1. The van der Waals surface area contributed by atoms with E-state index in [2.05, 4.69) is 9.89 Å². The van der Waals surface area contributed by atoms with Crippen LogP contribution in [0.5, 0.6) is 0 Å². The summed E-state index contributed by atoms with van der Waals surface area (Å²) in [5.74, 6) is -0.697. The Morgan fingerprint density at radius 2 is 2.11 bits per heavy atom. The highest BCUT2D eigenvalue weighted by Gasteiger charge is 2.47. The Morgan fingerprint density at radius 1 is 1.33 bits per heavy atom. The van der Waals surface area contributed by atoms with Crippen molar-refractivity contribution in [3.63, 3.8) is 0 Å². The van der Waals surface area contributed by atoms with E-state index in [1.165, 1.54) is 0 Å². The fourth-order valence-corrected chi connectivity index (χ4v) is 2.82. The van der Waals surface area contributed by atoms with Crippen LogP contribution in [0.3, 0.4) is 0 Å². The average molecular weight is 244 g/mol. The van der Waals surface area contributed by atoms with Crippen molar-refractivity contribution in [3.05, 3.63) is 29.8 Å². The number of anilines is 1. The van der Waals surface area contributed by atoms with Gasteiger partial charge >= 0.3 is 5.97 Å². The first-order chi connectivity index (χ1) is 8.74. The Kier molecular flexibility index (Phi) is 2.58. The van der Waals surface area contributed by atoms with E-state index < -0.39 is 11.4 Å². The molecule has 0 spiro atoms. The van der Waals surface area contributed by atoms with Gasteiger partial charge in [-0.15, -0.1) is 0 Å². The molecule has 0 bridgehead atoms. The number of rotatable bonds is 3. The molecule has 0 saturated heterocycles. The quantitative estimate of drug-likeness (QED) is 0.885. The zero-order valence-corrected chi connectivity index (χ0v) is 10.2. The maximum Gasteiger partial charge on any atom is 0.314 e. The van der Waals surface area contributed by atoms with Gasteiger partial charge in [-0.3, -0.25) is 9.79 Å². The monoisotopic (exact) mass is 244 g/mol. The average Bonchev–Trinajstić information content (AvgIpc) is 2.81. The second kappa shape index (κ2) is 4.12. The van der Waals surface area contributed by atoms with Gasteiger partial charge in [0.2, 0.25) is 0 Å². The molecule has 1 aromatic carbocycles. The maximum absolute atomic E-state index is 11.6. The number of hydrogen-bond donors (Lipinski definition) is 1. The summed E-state index contributed by atoms with van der Waals surface area (Å²) >= 11 is 0. The second-order valence-electron chi connectivity index (χ2n) is 4.97. The van der Waals surface area contributed by atoms with Crippen molar-refractivity contribution < 1.29 is 9.90 Å². The van der Waals surface area contributed by atoms with Gasteiger partial charge in [-0.1, -0.05) is 24.6 Å². The largest absolute Gasteiger partial charge is 0.481 e. The predicted octanol–water partition coefficient (Wildman–Crippen LogP) is 2.04. The Hall–Kier alpha value is -1.84. The van der Waals surface area contributed by atoms with Crippen molar-refractivity contribution in [2.24, 2.45) is 4.99 Å². The molecule has 1 saturated carbocycles. The molecule has 1 aromatic rings. The van der Waals surface area contributed by atoms with Crippen molar-refractivity contribution >= 4 is 18.0 Å². The van der Waals surface area contributed by atoms with Crippen LogP contribution in [0.1, 0.15) is 24.8 Å². The molecule has 0 radical (unpaired) electrons. The van der Waals surface area contributed by atoms with Crippen LogP contribution in [0, 0.1) is 0 Å². The van der Waals surface area contributed by atoms with Crippen molar-refractivity contribution in [2.45, 2.75) is 24.7 Å². The molecule has 0 atom stereocenters. The van der Waals surface area contributed by atoms with Crippen molar-refractivity contribution in [1.82, 2.24) is 0 Å². The van der Waals surface area contributed by atoms with Gasteiger partial charge < -0.3 is 10.0 Å². The Labute approximate surface area is 106 Å². The van der Waals surface area contributed by atoms with Gasteiger partial charge in [0.1, 0.15) is 0 Å². The first-order valence-corrected chi connectivity index (χ1v) is 6.33. The molecule has 4 nitrogen and oxygen atoms in total. The lowest BCUT2D eigenvalue weighted by molar-refractivity contribution is -0.147. The van der Waals surface area contributed by atoms with E-state index in [1.54, 1.807) is 0 Å². The molecule has 2 aliphatic rings. The molecule has 3 rings (SSSR count). The zero-order valence-electron chi connectivity index (χ0n) is 10.2. The van der Waals surface area contributed by atoms with Crippen LogP contribution in [-0.2, 0) is 10.2 Å². The minimum Gasteiger partial charge on any atom is -0.481 e. The minimum atomic E-state index is -0.697. The lowest BCUT2D eigenvalue weighted by Gasteiger charge is -2.40. The minimum absolute atomic E-state index is 0.674. The van der Waals surface area contributed by atoms with Crippen molar-refractivity contribution in [2.75, 3.05) is 18.0 Å². The summed E-state index contributed by atoms with van der Waals surface area (Å²) in [7, 11) is 0. The molecule has 1 fully saturated rings. The van der Waals surface area contributed by atoms with Crippen LogP contribution >= 0.6 is 0 Å². The van der Waals surface area contributed by atoms with Crippen LogP contribution < -0.4 is 4.90 Å². The molecule has 18 heavy (non-hydrogen) atoms. The van der Waals surface area contributed by atoms with Crippen molar-refractivity contribution in [1.29, 1.82) is 0 Å². The maximum atomic E-state index is 11.6. The number of hydrogen-bond acceptors (Lipinski definition) is 3. The summed E-state index contributed by atoms with van der Waals surface area (Å²) in [4.78, 5) is 17.9. The number of carboxylic acids is 1. The first-order valence-electron chi connectivity index (χ1n) is 6.33. The van der Waals surface area contributed by atoms with E-state index in [-0.39, 0.29) is 0 Å². The van der Waals surface area contributed by atoms with Crippen molar-refractivity contribution in [3.8, 4) is 0 Å². The molecule has 1 aliphatic carbocycles. The molecule has 1 heterocycles. The summed E-state index contributed by atoms with van der Waals surface area (Å²) in [6.07, 6.45) is 4.29. The third-order valence-corrected chi connectivity index (χ3v) is 4.04. The second-order valence-corrected chi connectivity index (χ2v) is 4.97. The number of benzene rings is 1. The molecule has 1 aliphatic heterocycles. The van der Waals surface area contributed by atoms with Gasteiger partial charge in [-0.2, -0.15) is 0 Å². The highest BCUT2D eigenvalue weighted by molar-refractivity contribution is 5.89. The van der Waals surface area contributed by atoms with E-state index in [4.69, 9.17) is 0 Å². The highest BCUT2D eigenvalue weighted by Crippen LogP contribution is 2.47. The number of para-hydroxylation sites is 1. The summed E-state index contributed by atoms with van der Waals surface area (Å²) in [6.45, 7) is 1.63. The van der Waals surface area contributed by atoms with E-state index in [0.717, 1.165) is 43.6 Å². The summed E-state index contributed by atoms with van der Waals surface area (Å²) in [5, 5.41) is 9.55. The SMILES string of the molecule is O=C(O)C1(c2ccccc2N2C=NCC2)CCC1. The molecule has 0 unspecified atom stereocenters. The lowest BCUT2D eigenvalue weighted by Crippen LogP contribution is -2.43. The molecule has 1 N–H and O–H groups in total. The molecular weight excluding hydrogens is 228 g/mol. The number of carbonyl (C=O) groups is 1. The van der Waals surface area contributed by atoms with Gasteiger partial charge in [0.25, 0.3) is 0 Å². The first kappa shape index (κ1) is 11.3. The fourth-order valence-electron chi connectivity index (χ4n) is 2.82. The molecular formula is C14H16N2O2. The van der Waals surface area contributed by atoms with Crippen LogP contribution in [0.2, 0.25) is 0 Å². The molecule has 4 heteroatoms. The lowest BCUT2D eigenvalue weighted by atomic mass is 9.64. The highest BCUT2D eigenvalue weighted by atomic mass is 16.4. The van der Waals surface area contributed by atoms with Crippen LogP contribution in [0.15, 0.2) is 29.3 Å². The van der Waals surface area contributed by atoms with E-state index in [9.17, 15) is 9.90 Å². The van der Waals surface area contributed by atoms with Gasteiger partial charge in [0, 0.05) is 12.2 Å². The predicted molar refractivity (Wildman–Crippen MR) is 70.3 cm³/mol. The Morgan fingerprint density at radius 3 is 2.67 bits per heavy atom. The van der Waals surface area contributed by atoms with E-state index in [1.807, 2.05) is 30.6 Å². The summed E-state index contributed by atoms with van der Waals surface area (Å²) < 4.78 is 0. The third kappa shape index (κ3) is 1.52. The molecule has 0 amide bonds. The number of nitrogens with zero attached hydrogens (tertiary/aromatic N) is 2. The Bertz CT molecular complexity index is 506. The molecule has 0 aromatic heterocycles. The summed E-state index contributed by atoms with van der Waals surface area (Å²) in [5.41, 5.74) is 1.27. The van der Waals surface area contributed by atoms with E-state index in [0.29, 0.717) is 0 Å². The van der Waals surface area contributed by atoms with Gasteiger partial charge in [0.15, 0.2) is 0 Å². The Balaban J connectivity index is 2.06. The smallest absolute Gasteiger partial charge is 0.314 e. The van der Waals surface area contributed by atoms with Crippen LogP contribution in [0.25, 0.3) is 0 Å². The zero-order chi connectivity index (χ0) is 12.6. The van der Waals surface area contributed by atoms with Gasteiger partial charge in [-0.25, -0.2) is 0 Å². The number of aliphatic imine (C=N–C) groups is 1. The third-order valence-electron chi connectivity index (χ3n) is 4.04. The normalized spacial score (nSPS) is 20.8. The molecule has 94 valence electrons. The van der Waals surface area contributed by atoms with Crippen LogP contribution in [-0.4, -0.2) is 30.5 Å². The standard InChI is InChI=1S/C14H16N2O2/c17-13(18)14(6-3-7-14)11-4-1-2-5-12(11)16-9-8-15-10-16/h1-2,4-5,10H,3,6-9H2,(H,17,18). The van der Waals surface area contributed by atoms with Gasteiger partial charge in [0.05, 0.1) is 18.3 Å². The topological polar surface area (TPSA) is 52.9 Å². The fraction of sp³-hybridized carbons (Fsp3) is 0.429. The number of carboxylic acid groups (broad SMARTS) is 1. The van der Waals surface area contributed by atoms with Crippen LogP contribution in [0.4, 0.5) is 5.69 Å². The van der Waals surface area contributed by atoms with Gasteiger partial charge in [-0.05, 0) is 24.5 Å².